The molecule has 1 saturated heterocycles. The first kappa shape index (κ1) is 15.5. The van der Waals surface area contributed by atoms with Crippen molar-refractivity contribution >= 4 is 11.8 Å². The number of nitrogens with zero attached hydrogens (tertiary/aromatic N) is 2. The van der Waals surface area contributed by atoms with Crippen molar-refractivity contribution in [1.82, 2.24) is 15.2 Å². The maximum atomic E-state index is 12.5. The number of piperidine rings is 1. The van der Waals surface area contributed by atoms with E-state index in [1.165, 1.54) is 0 Å². The number of hydrogen-bond donors (Lipinski definition) is 1. The van der Waals surface area contributed by atoms with Crippen LogP contribution in [0.1, 0.15) is 54.1 Å². The quantitative estimate of drug-likeness (QED) is 0.923. The summed E-state index contributed by atoms with van der Waals surface area (Å²) in [6.07, 6.45) is 3.07. The van der Waals surface area contributed by atoms with Gasteiger partial charge in [-0.15, -0.1) is 0 Å². The molecule has 0 saturated carbocycles. The van der Waals surface area contributed by atoms with Gasteiger partial charge in [0.25, 0.3) is 11.8 Å². The molecular formula is C16H23N3O2. The Morgan fingerprint density at radius 1 is 1.38 bits per heavy atom. The average Bonchev–Trinajstić information content (AvgIpc) is 2.52. The molecule has 1 unspecified atom stereocenters. The smallest absolute Gasteiger partial charge is 0.272 e. The highest BCUT2D eigenvalue weighted by Crippen LogP contribution is 2.17. The normalized spacial score (nSPS) is 18.4. The van der Waals surface area contributed by atoms with Gasteiger partial charge in [0.05, 0.1) is 0 Å². The van der Waals surface area contributed by atoms with E-state index >= 15 is 0 Å². The molecular weight excluding hydrogens is 266 g/mol. The monoisotopic (exact) mass is 289 g/mol. The van der Waals surface area contributed by atoms with Crippen LogP contribution in [-0.2, 0) is 0 Å². The number of likely N-dealkylation sites (tertiary alicyclic amines) is 1. The highest BCUT2D eigenvalue weighted by Gasteiger charge is 2.23. The lowest BCUT2D eigenvalue weighted by Gasteiger charge is -2.30. The molecule has 0 aliphatic carbocycles. The third-order valence-corrected chi connectivity index (χ3v) is 3.68. The number of carbonyl (C=O) groups excluding carboxylic acids is 2. The molecule has 2 amide bonds. The van der Waals surface area contributed by atoms with Crippen LogP contribution in [0.3, 0.4) is 0 Å². The van der Waals surface area contributed by atoms with Crippen molar-refractivity contribution in [2.75, 3.05) is 19.6 Å². The minimum absolute atomic E-state index is 0.0771. The number of aromatic nitrogens is 1. The van der Waals surface area contributed by atoms with Gasteiger partial charge in [-0.25, -0.2) is 4.98 Å². The molecule has 1 fully saturated rings. The highest BCUT2D eigenvalue weighted by atomic mass is 16.2. The Hall–Kier alpha value is -1.91. The molecule has 1 atom stereocenters. The Morgan fingerprint density at radius 2 is 2.14 bits per heavy atom. The zero-order valence-electron chi connectivity index (χ0n) is 12.8. The van der Waals surface area contributed by atoms with Gasteiger partial charge in [0.1, 0.15) is 11.4 Å². The number of amides is 2. The largest absolute Gasteiger partial charge is 0.351 e. The first-order chi connectivity index (χ1) is 10.1. The van der Waals surface area contributed by atoms with Crippen LogP contribution < -0.4 is 5.32 Å². The van der Waals surface area contributed by atoms with Gasteiger partial charge in [0, 0.05) is 19.6 Å². The Kier molecular flexibility index (Phi) is 5.31. The molecule has 0 spiro atoms. The molecule has 21 heavy (non-hydrogen) atoms. The first-order valence-electron chi connectivity index (χ1n) is 7.66. The Labute approximate surface area is 125 Å². The molecule has 1 aromatic heterocycles. The lowest BCUT2D eigenvalue weighted by atomic mass is 10.00. The van der Waals surface area contributed by atoms with Crippen LogP contribution >= 0.6 is 0 Å². The summed E-state index contributed by atoms with van der Waals surface area (Å²) < 4.78 is 0. The third kappa shape index (κ3) is 4.03. The molecule has 0 radical (unpaired) electrons. The minimum Gasteiger partial charge on any atom is -0.351 e. The number of hydrogen-bond acceptors (Lipinski definition) is 3. The molecule has 2 heterocycles. The van der Waals surface area contributed by atoms with E-state index in [9.17, 15) is 9.59 Å². The lowest BCUT2D eigenvalue weighted by Crippen LogP contribution is -2.39. The van der Waals surface area contributed by atoms with E-state index < -0.39 is 0 Å². The van der Waals surface area contributed by atoms with Gasteiger partial charge in [-0.2, -0.15) is 0 Å². The molecule has 2 rings (SSSR count). The van der Waals surface area contributed by atoms with Gasteiger partial charge in [0.2, 0.25) is 0 Å². The van der Waals surface area contributed by atoms with Gasteiger partial charge < -0.3 is 10.2 Å². The van der Waals surface area contributed by atoms with E-state index in [0.29, 0.717) is 23.9 Å². The molecule has 1 aliphatic heterocycles. The fourth-order valence-corrected chi connectivity index (χ4v) is 2.55. The second-order valence-electron chi connectivity index (χ2n) is 5.66. The SMILES string of the molecule is CCCNC(=O)c1cccc(C(=O)N2CCCC(C)C2)n1. The summed E-state index contributed by atoms with van der Waals surface area (Å²) in [6, 6.07) is 5.03. The molecule has 0 aromatic carbocycles. The summed E-state index contributed by atoms with van der Waals surface area (Å²) in [5, 5.41) is 2.78. The lowest BCUT2D eigenvalue weighted by molar-refractivity contribution is 0.0677. The predicted molar refractivity (Wildman–Crippen MR) is 81.2 cm³/mol. The van der Waals surface area contributed by atoms with Gasteiger partial charge in [-0.3, -0.25) is 9.59 Å². The molecule has 0 bridgehead atoms. The zero-order chi connectivity index (χ0) is 15.2. The van der Waals surface area contributed by atoms with Crippen molar-refractivity contribution in [2.45, 2.75) is 33.1 Å². The Balaban J connectivity index is 2.09. The fourth-order valence-electron chi connectivity index (χ4n) is 2.55. The minimum atomic E-state index is -0.224. The average molecular weight is 289 g/mol. The maximum Gasteiger partial charge on any atom is 0.272 e. The van der Waals surface area contributed by atoms with Crippen molar-refractivity contribution in [3.63, 3.8) is 0 Å². The van der Waals surface area contributed by atoms with Crippen LogP contribution in [0.15, 0.2) is 18.2 Å². The number of nitrogens with one attached hydrogen (secondary N) is 1. The van der Waals surface area contributed by atoms with E-state index in [1.54, 1.807) is 18.2 Å². The van der Waals surface area contributed by atoms with E-state index in [1.807, 2.05) is 11.8 Å². The third-order valence-electron chi connectivity index (χ3n) is 3.68. The van der Waals surface area contributed by atoms with Crippen LogP contribution in [0.2, 0.25) is 0 Å². The summed E-state index contributed by atoms with van der Waals surface area (Å²) in [7, 11) is 0. The number of rotatable bonds is 4. The zero-order valence-corrected chi connectivity index (χ0v) is 12.8. The van der Waals surface area contributed by atoms with Gasteiger partial charge in [-0.1, -0.05) is 19.9 Å². The van der Waals surface area contributed by atoms with Crippen LogP contribution in [0.4, 0.5) is 0 Å². The fraction of sp³-hybridized carbons (Fsp3) is 0.562. The van der Waals surface area contributed by atoms with E-state index in [-0.39, 0.29) is 11.8 Å². The Bertz CT molecular complexity index is 516. The van der Waals surface area contributed by atoms with E-state index in [4.69, 9.17) is 0 Å². The summed E-state index contributed by atoms with van der Waals surface area (Å²) in [6.45, 7) is 6.30. The summed E-state index contributed by atoms with van der Waals surface area (Å²) in [5.41, 5.74) is 0.660. The van der Waals surface area contributed by atoms with Crippen molar-refractivity contribution in [1.29, 1.82) is 0 Å². The summed E-state index contributed by atoms with van der Waals surface area (Å²) >= 11 is 0. The van der Waals surface area contributed by atoms with Crippen LogP contribution in [0.5, 0.6) is 0 Å². The maximum absolute atomic E-state index is 12.5. The van der Waals surface area contributed by atoms with Gasteiger partial charge >= 0.3 is 0 Å². The van der Waals surface area contributed by atoms with E-state index in [2.05, 4.69) is 17.2 Å². The second kappa shape index (κ2) is 7.20. The molecule has 5 nitrogen and oxygen atoms in total. The van der Waals surface area contributed by atoms with Crippen molar-refractivity contribution in [3.05, 3.63) is 29.6 Å². The Morgan fingerprint density at radius 3 is 2.86 bits per heavy atom. The van der Waals surface area contributed by atoms with Crippen LogP contribution in [0, 0.1) is 5.92 Å². The highest BCUT2D eigenvalue weighted by molar-refractivity contribution is 5.96. The molecule has 1 aromatic rings. The molecule has 5 heteroatoms. The van der Waals surface area contributed by atoms with Crippen molar-refractivity contribution in [3.8, 4) is 0 Å². The summed E-state index contributed by atoms with van der Waals surface area (Å²) in [4.78, 5) is 30.4. The standard InChI is InChI=1S/C16H23N3O2/c1-3-9-17-15(20)13-7-4-8-14(18-13)16(21)19-10-5-6-12(2)11-19/h4,7-8,12H,3,5-6,9-11H2,1-2H3,(H,17,20). The topological polar surface area (TPSA) is 62.3 Å². The molecule has 1 aliphatic rings. The van der Waals surface area contributed by atoms with Gasteiger partial charge in [0.15, 0.2) is 0 Å². The second-order valence-corrected chi connectivity index (χ2v) is 5.66. The van der Waals surface area contributed by atoms with E-state index in [0.717, 1.165) is 32.4 Å². The molecule has 1 N–H and O–H groups in total. The summed E-state index contributed by atoms with van der Waals surface area (Å²) in [5.74, 6) is 0.226. The number of carbonyl (C=O) groups is 2. The van der Waals surface area contributed by atoms with Crippen LogP contribution in [-0.4, -0.2) is 41.3 Å². The predicted octanol–water partition coefficient (Wildman–Crippen LogP) is 2.09. The number of pyridine rings is 1. The van der Waals surface area contributed by atoms with Crippen LogP contribution in [0.25, 0.3) is 0 Å². The molecule has 114 valence electrons. The van der Waals surface area contributed by atoms with Gasteiger partial charge in [-0.05, 0) is 37.3 Å². The first-order valence-corrected chi connectivity index (χ1v) is 7.66. The van der Waals surface area contributed by atoms with Crippen molar-refractivity contribution < 1.29 is 9.59 Å². The van der Waals surface area contributed by atoms with Crippen molar-refractivity contribution in [2.24, 2.45) is 5.92 Å².